The van der Waals surface area contributed by atoms with E-state index in [1.54, 1.807) is 12.5 Å². The predicted molar refractivity (Wildman–Crippen MR) is 111 cm³/mol. The van der Waals surface area contributed by atoms with Crippen LogP contribution in [0.1, 0.15) is 5.56 Å². The zero-order valence-corrected chi connectivity index (χ0v) is 15.4. The molecular formula is C22H17FN6. The number of pyridine rings is 1. The van der Waals surface area contributed by atoms with Crippen LogP contribution in [0.15, 0.2) is 67.5 Å². The summed E-state index contributed by atoms with van der Waals surface area (Å²) in [5.41, 5.74) is 4.29. The number of aromatic nitrogens is 5. The first-order chi connectivity index (χ1) is 14.3. The molecule has 0 spiro atoms. The van der Waals surface area contributed by atoms with Gasteiger partial charge in [0, 0.05) is 18.3 Å². The Morgan fingerprint density at radius 1 is 1.00 bits per heavy atom. The molecule has 7 heteroatoms. The lowest BCUT2D eigenvalue weighted by Gasteiger charge is -2.14. The predicted octanol–water partition coefficient (Wildman–Crippen LogP) is 4.36. The first kappa shape index (κ1) is 17.2. The van der Waals surface area contributed by atoms with Crippen LogP contribution in [0.2, 0.25) is 0 Å². The topological polar surface area (TPSA) is 79.4 Å². The molecule has 0 bridgehead atoms. The molecule has 5 rings (SSSR count). The van der Waals surface area contributed by atoms with Crippen LogP contribution in [0.4, 0.5) is 10.2 Å². The summed E-state index contributed by atoms with van der Waals surface area (Å²) in [6, 6.07) is 13.8. The number of benzene rings is 2. The highest BCUT2D eigenvalue weighted by Gasteiger charge is 2.12. The van der Waals surface area contributed by atoms with Crippen molar-refractivity contribution < 1.29 is 4.39 Å². The van der Waals surface area contributed by atoms with E-state index in [-0.39, 0.29) is 5.82 Å². The van der Waals surface area contributed by atoms with Crippen molar-refractivity contribution in [3.8, 4) is 11.1 Å². The maximum absolute atomic E-state index is 13.9. The number of rotatable bonds is 5. The Balaban J connectivity index is 1.50. The second-order valence-corrected chi connectivity index (χ2v) is 6.71. The molecule has 0 fully saturated rings. The fourth-order valence-electron chi connectivity index (χ4n) is 3.63. The zero-order valence-electron chi connectivity index (χ0n) is 15.4. The summed E-state index contributed by atoms with van der Waals surface area (Å²) in [6.45, 7) is 0.652. The maximum atomic E-state index is 13.9. The average Bonchev–Trinajstić information content (AvgIpc) is 3.23. The molecule has 0 aliphatic rings. The summed E-state index contributed by atoms with van der Waals surface area (Å²) in [7, 11) is 0. The molecule has 3 aromatic heterocycles. The van der Waals surface area contributed by atoms with Crippen LogP contribution in [0.5, 0.6) is 0 Å². The van der Waals surface area contributed by atoms with Crippen LogP contribution in [0, 0.1) is 5.82 Å². The van der Waals surface area contributed by atoms with Gasteiger partial charge in [0.25, 0.3) is 0 Å². The second-order valence-electron chi connectivity index (χ2n) is 6.71. The third-order valence-electron chi connectivity index (χ3n) is 4.92. The molecule has 2 aromatic carbocycles. The van der Waals surface area contributed by atoms with Crippen molar-refractivity contribution in [3.63, 3.8) is 0 Å². The van der Waals surface area contributed by atoms with Gasteiger partial charge in [-0.1, -0.05) is 36.4 Å². The summed E-state index contributed by atoms with van der Waals surface area (Å²) < 4.78 is 13.9. The largest absolute Gasteiger partial charge is 0.368 e. The summed E-state index contributed by atoms with van der Waals surface area (Å²) in [4.78, 5) is 19.7. The highest BCUT2D eigenvalue weighted by atomic mass is 19.1. The Bertz CT molecular complexity index is 1310. The van der Waals surface area contributed by atoms with E-state index < -0.39 is 0 Å². The number of nitrogens with zero attached hydrogens (tertiary/aromatic N) is 4. The van der Waals surface area contributed by atoms with Crippen molar-refractivity contribution in [2.24, 2.45) is 0 Å². The fraction of sp³-hybridized carbons (Fsp3) is 0.0909. The molecule has 0 radical (unpaired) electrons. The molecule has 0 saturated heterocycles. The summed E-state index contributed by atoms with van der Waals surface area (Å²) in [6.07, 6.45) is 6.76. The van der Waals surface area contributed by atoms with Crippen LogP contribution >= 0.6 is 0 Å². The second kappa shape index (κ2) is 7.27. The van der Waals surface area contributed by atoms with Gasteiger partial charge in [0.2, 0.25) is 0 Å². The summed E-state index contributed by atoms with van der Waals surface area (Å²) in [5, 5.41) is 5.54. The molecule has 2 N–H and O–H groups in total. The van der Waals surface area contributed by atoms with Gasteiger partial charge in [-0.25, -0.2) is 19.3 Å². The lowest BCUT2D eigenvalue weighted by molar-refractivity contribution is 0.622. The molecule has 142 valence electrons. The first-order valence-corrected chi connectivity index (χ1v) is 9.29. The molecule has 0 amide bonds. The Hall–Kier alpha value is -3.87. The third kappa shape index (κ3) is 3.27. The van der Waals surface area contributed by atoms with Gasteiger partial charge in [0.05, 0.1) is 12.5 Å². The van der Waals surface area contributed by atoms with Crippen molar-refractivity contribution in [2.45, 2.75) is 6.42 Å². The Morgan fingerprint density at radius 2 is 1.93 bits per heavy atom. The number of aromatic amines is 1. The highest BCUT2D eigenvalue weighted by molar-refractivity contribution is 5.98. The SMILES string of the molecule is Fc1cncc(-c2c(CCNc3ncnc4nc[nH]c34)ccc3ccccc23)c1. The van der Waals surface area contributed by atoms with Gasteiger partial charge in [0.1, 0.15) is 17.7 Å². The lowest BCUT2D eigenvalue weighted by Crippen LogP contribution is -2.08. The minimum atomic E-state index is -0.345. The van der Waals surface area contributed by atoms with Crippen molar-refractivity contribution in [1.29, 1.82) is 0 Å². The number of hydrogen-bond donors (Lipinski definition) is 2. The van der Waals surface area contributed by atoms with E-state index >= 15 is 0 Å². The van der Waals surface area contributed by atoms with Crippen molar-refractivity contribution in [3.05, 3.63) is 78.9 Å². The van der Waals surface area contributed by atoms with E-state index in [1.807, 2.05) is 12.1 Å². The van der Waals surface area contributed by atoms with Gasteiger partial charge in [-0.15, -0.1) is 0 Å². The zero-order chi connectivity index (χ0) is 19.6. The molecule has 5 aromatic rings. The molecule has 0 saturated carbocycles. The number of hydrogen-bond acceptors (Lipinski definition) is 5. The normalized spacial score (nSPS) is 11.2. The fourth-order valence-corrected chi connectivity index (χ4v) is 3.63. The molecule has 6 nitrogen and oxygen atoms in total. The number of anilines is 1. The molecular weight excluding hydrogens is 367 g/mol. The van der Waals surface area contributed by atoms with Gasteiger partial charge < -0.3 is 10.3 Å². The van der Waals surface area contributed by atoms with Crippen molar-refractivity contribution >= 4 is 27.8 Å². The van der Waals surface area contributed by atoms with E-state index in [9.17, 15) is 4.39 Å². The number of imidazole rings is 1. The van der Waals surface area contributed by atoms with Crippen LogP contribution < -0.4 is 5.32 Å². The maximum Gasteiger partial charge on any atom is 0.182 e. The molecule has 0 atom stereocenters. The Kier molecular flexibility index (Phi) is 4.32. The van der Waals surface area contributed by atoms with Gasteiger partial charge in [-0.3, -0.25) is 4.98 Å². The number of fused-ring (bicyclic) bond motifs is 2. The first-order valence-electron chi connectivity index (χ1n) is 9.29. The minimum absolute atomic E-state index is 0.345. The van der Waals surface area contributed by atoms with E-state index in [0.29, 0.717) is 18.0 Å². The van der Waals surface area contributed by atoms with Crippen LogP contribution in [0.25, 0.3) is 33.1 Å². The van der Waals surface area contributed by atoms with E-state index in [4.69, 9.17) is 0 Å². The standard InChI is InChI=1S/C22H17FN6/c23-17-9-16(10-24-11-17)19-15(6-5-14-3-1-2-4-18(14)19)7-8-25-21-20-22(27-12-26-20)29-13-28-21/h1-6,9-13H,7-8H2,(H2,25,26,27,28,29). The summed E-state index contributed by atoms with van der Waals surface area (Å²) >= 11 is 0. The van der Waals surface area contributed by atoms with Crippen molar-refractivity contribution in [1.82, 2.24) is 24.9 Å². The molecule has 0 unspecified atom stereocenters. The highest BCUT2D eigenvalue weighted by Crippen LogP contribution is 2.32. The summed E-state index contributed by atoms with van der Waals surface area (Å²) in [5.74, 6) is 0.365. The minimum Gasteiger partial charge on any atom is -0.368 e. The number of halogens is 1. The van der Waals surface area contributed by atoms with Crippen LogP contribution in [-0.4, -0.2) is 31.5 Å². The van der Waals surface area contributed by atoms with E-state index in [1.165, 1.54) is 18.6 Å². The molecule has 29 heavy (non-hydrogen) atoms. The molecule has 0 aliphatic heterocycles. The quantitative estimate of drug-likeness (QED) is 0.471. The number of nitrogens with one attached hydrogen (secondary N) is 2. The third-order valence-corrected chi connectivity index (χ3v) is 4.92. The van der Waals surface area contributed by atoms with Crippen LogP contribution in [0.3, 0.4) is 0 Å². The van der Waals surface area contributed by atoms with E-state index in [2.05, 4.69) is 54.5 Å². The molecule has 3 heterocycles. The lowest BCUT2D eigenvalue weighted by atomic mass is 9.92. The van der Waals surface area contributed by atoms with Gasteiger partial charge >= 0.3 is 0 Å². The van der Waals surface area contributed by atoms with Gasteiger partial charge in [-0.2, -0.15) is 0 Å². The molecule has 0 aliphatic carbocycles. The van der Waals surface area contributed by atoms with Gasteiger partial charge in [-0.05, 0) is 34.4 Å². The van der Waals surface area contributed by atoms with Crippen LogP contribution in [-0.2, 0) is 6.42 Å². The van der Waals surface area contributed by atoms with E-state index in [0.717, 1.165) is 39.4 Å². The Morgan fingerprint density at radius 3 is 2.86 bits per heavy atom. The smallest absolute Gasteiger partial charge is 0.182 e. The van der Waals surface area contributed by atoms with Crippen molar-refractivity contribution in [2.75, 3.05) is 11.9 Å². The average molecular weight is 384 g/mol. The van der Waals surface area contributed by atoms with Gasteiger partial charge in [0.15, 0.2) is 11.5 Å². The Labute approximate surface area is 165 Å². The number of H-pyrrole nitrogens is 1. The monoisotopic (exact) mass is 384 g/mol.